The van der Waals surface area contributed by atoms with Gasteiger partial charge in [0.1, 0.15) is 17.2 Å². The molecule has 1 atom stereocenters. The molecule has 0 bridgehead atoms. The third-order valence-corrected chi connectivity index (χ3v) is 5.02. The Hall–Kier alpha value is -2.61. The fraction of sp³-hybridized carbons (Fsp3) is 0.368. The van der Waals surface area contributed by atoms with Gasteiger partial charge in [0.25, 0.3) is 0 Å². The Labute approximate surface area is 154 Å². The van der Waals surface area contributed by atoms with E-state index in [1.807, 2.05) is 19.2 Å². The van der Waals surface area contributed by atoms with Crippen LogP contribution in [0.25, 0.3) is 11.0 Å². The third-order valence-electron chi connectivity index (χ3n) is 5.02. The van der Waals surface area contributed by atoms with Crippen molar-refractivity contribution in [3.8, 4) is 0 Å². The lowest BCUT2D eigenvalue weighted by atomic mass is 10.0. The maximum atomic E-state index is 12.6. The second-order valence-corrected chi connectivity index (χ2v) is 6.81. The molecule has 0 saturated carbocycles. The molecule has 3 aromatic rings. The molecule has 3 aromatic heterocycles. The van der Waals surface area contributed by atoms with Crippen molar-refractivity contribution in [1.29, 1.82) is 0 Å². The number of aromatic nitrogens is 3. The standard InChI is InChI=1S/C19H20F3N5/c1-23-11-3-2-4-15-14(9-11)13-6-8-17(27-18(13)26-15)25-12-5-7-16(24-10-12)19(20,21)22/h5-8,10-11,23H,2-4,9H2,1H3,(H2,25,26,27). The number of nitrogens with one attached hydrogen (secondary N) is 3. The average Bonchev–Trinajstić information content (AvgIpc) is 2.83. The highest BCUT2D eigenvalue weighted by atomic mass is 19.4. The summed E-state index contributed by atoms with van der Waals surface area (Å²) in [4.78, 5) is 11.5. The molecule has 1 aliphatic rings. The number of pyridine rings is 2. The van der Waals surface area contributed by atoms with Crippen LogP contribution in [0.5, 0.6) is 0 Å². The Kier molecular flexibility index (Phi) is 4.51. The van der Waals surface area contributed by atoms with E-state index in [9.17, 15) is 13.2 Å². The largest absolute Gasteiger partial charge is 0.433 e. The summed E-state index contributed by atoms with van der Waals surface area (Å²) in [5.41, 5.74) is 2.86. The molecule has 1 unspecified atom stereocenters. The minimum Gasteiger partial charge on any atom is -0.343 e. The Morgan fingerprint density at radius 1 is 1.19 bits per heavy atom. The number of rotatable bonds is 3. The zero-order chi connectivity index (χ0) is 19.0. The summed E-state index contributed by atoms with van der Waals surface area (Å²) in [5.74, 6) is 0.561. The van der Waals surface area contributed by atoms with Crippen LogP contribution >= 0.6 is 0 Å². The van der Waals surface area contributed by atoms with Crippen LogP contribution < -0.4 is 10.6 Å². The maximum Gasteiger partial charge on any atom is 0.433 e. The summed E-state index contributed by atoms with van der Waals surface area (Å²) >= 11 is 0. The van der Waals surface area contributed by atoms with E-state index in [1.54, 1.807) is 0 Å². The lowest BCUT2D eigenvalue weighted by Gasteiger charge is -2.12. The van der Waals surface area contributed by atoms with Gasteiger partial charge >= 0.3 is 6.18 Å². The number of anilines is 2. The van der Waals surface area contributed by atoms with E-state index in [1.165, 1.54) is 17.3 Å². The molecule has 0 radical (unpaired) electrons. The van der Waals surface area contributed by atoms with Gasteiger partial charge in [-0.2, -0.15) is 13.2 Å². The maximum absolute atomic E-state index is 12.6. The van der Waals surface area contributed by atoms with Crippen LogP contribution in [-0.4, -0.2) is 28.0 Å². The first kappa shape index (κ1) is 17.8. The van der Waals surface area contributed by atoms with E-state index in [0.29, 0.717) is 17.5 Å². The zero-order valence-corrected chi connectivity index (χ0v) is 14.8. The van der Waals surface area contributed by atoms with Gasteiger partial charge in [-0.3, -0.25) is 0 Å². The SMILES string of the molecule is CNC1CCCc2[nH]c3nc(Nc4ccc(C(F)(F)F)nc4)ccc3c2C1. The Morgan fingerprint density at radius 2 is 2.04 bits per heavy atom. The van der Waals surface area contributed by atoms with Crippen LogP contribution in [0.3, 0.4) is 0 Å². The van der Waals surface area contributed by atoms with Crippen molar-refractivity contribution in [1.82, 2.24) is 20.3 Å². The molecular formula is C19H20F3N5. The number of aromatic amines is 1. The van der Waals surface area contributed by atoms with Crippen LogP contribution in [0, 0.1) is 0 Å². The van der Waals surface area contributed by atoms with Crippen molar-refractivity contribution in [2.45, 2.75) is 37.9 Å². The molecule has 0 aliphatic heterocycles. The number of halogens is 3. The minimum absolute atomic E-state index is 0.457. The van der Waals surface area contributed by atoms with E-state index in [-0.39, 0.29) is 0 Å². The molecule has 142 valence electrons. The van der Waals surface area contributed by atoms with Gasteiger partial charge in [-0.15, -0.1) is 0 Å². The predicted molar refractivity (Wildman–Crippen MR) is 98.1 cm³/mol. The molecule has 5 nitrogen and oxygen atoms in total. The smallest absolute Gasteiger partial charge is 0.343 e. The number of fused-ring (bicyclic) bond motifs is 3. The van der Waals surface area contributed by atoms with Crippen molar-refractivity contribution >= 4 is 22.5 Å². The van der Waals surface area contributed by atoms with E-state index < -0.39 is 11.9 Å². The van der Waals surface area contributed by atoms with Crippen molar-refractivity contribution in [3.63, 3.8) is 0 Å². The van der Waals surface area contributed by atoms with Crippen LogP contribution in [0.4, 0.5) is 24.7 Å². The van der Waals surface area contributed by atoms with Crippen molar-refractivity contribution < 1.29 is 13.2 Å². The van der Waals surface area contributed by atoms with Crippen molar-refractivity contribution in [2.75, 3.05) is 12.4 Å². The van der Waals surface area contributed by atoms with Gasteiger partial charge in [-0.1, -0.05) is 0 Å². The van der Waals surface area contributed by atoms with E-state index >= 15 is 0 Å². The van der Waals surface area contributed by atoms with Gasteiger partial charge in [0.2, 0.25) is 0 Å². The van der Waals surface area contributed by atoms with Gasteiger partial charge in [0.15, 0.2) is 0 Å². The normalized spacial score (nSPS) is 17.6. The number of hydrogen-bond donors (Lipinski definition) is 3. The van der Waals surface area contributed by atoms with Gasteiger partial charge in [-0.05, 0) is 62.6 Å². The van der Waals surface area contributed by atoms with Crippen LogP contribution in [0.1, 0.15) is 29.8 Å². The van der Waals surface area contributed by atoms with Gasteiger partial charge in [-0.25, -0.2) is 9.97 Å². The number of likely N-dealkylation sites (N-methyl/N-ethyl adjacent to an activating group) is 1. The Morgan fingerprint density at radius 3 is 2.74 bits per heavy atom. The fourth-order valence-electron chi connectivity index (χ4n) is 3.60. The molecule has 3 heterocycles. The number of nitrogens with zero attached hydrogens (tertiary/aromatic N) is 2. The molecule has 4 rings (SSSR count). The Bertz CT molecular complexity index is 946. The first-order valence-electron chi connectivity index (χ1n) is 8.92. The number of aryl methyl sites for hydroxylation is 1. The Balaban J connectivity index is 1.59. The lowest BCUT2D eigenvalue weighted by Crippen LogP contribution is -2.26. The molecule has 1 aliphatic carbocycles. The summed E-state index contributed by atoms with van der Waals surface area (Å²) in [6, 6.07) is 6.61. The van der Waals surface area contributed by atoms with Gasteiger partial charge < -0.3 is 15.6 Å². The molecule has 0 spiro atoms. The molecule has 27 heavy (non-hydrogen) atoms. The van der Waals surface area contributed by atoms with Crippen molar-refractivity contribution in [3.05, 3.63) is 47.4 Å². The second-order valence-electron chi connectivity index (χ2n) is 6.81. The third kappa shape index (κ3) is 3.62. The predicted octanol–water partition coefficient (Wildman–Crippen LogP) is 4.19. The summed E-state index contributed by atoms with van der Waals surface area (Å²) < 4.78 is 37.8. The highest BCUT2D eigenvalue weighted by molar-refractivity contribution is 5.83. The molecule has 0 amide bonds. The molecule has 0 aromatic carbocycles. The number of alkyl halides is 3. The number of H-pyrrole nitrogens is 1. The zero-order valence-electron chi connectivity index (χ0n) is 14.8. The highest BCUT2D eigenvalue weighted by Crippen LogP contribution is 2.30. The molecule has 3 N–H and O–H groups in total. The van der Waals surface area contributed by atoms with Crippen molar-refractivity contribution in [2.24, 2.45) is 0 Å². The molecule has 0 fully saturated rings. The minimum atomic E-state index is -4.44. The first-order chi connectivity index (χ1) is 12.9. The van der Waals surface area contributed by atoms with E-state index in [4.69, 9.17) is 0 Å². The molecule has 0 saturated heterocycles. The number of hydrogen-bond acceptors (Lipinski definition) is 4. The first-order valence-corrected chi connectivity index (χ1v) is 8.92. The monoisotopic (exact) mass is 375 g/mol. The van der Waals surface area contributed by atoms with Gasteiger partial charge in [0, 0.05) is 17.1 Å². The summed E-state index contributed by atoms with van der Waals surface area (Å²) in [7, 11) is 1.99. The molecular weight excluding hydrogens is 355 g/mol. The van der Waals surface area contributed by atoms with Crippen LogP contribution in [0.2, 0.25) is 0 Å². The van der Waals surface area contributed by atoms with E-state index in [0.717, 1.165) is 49.0 Å². The quantitative estimate of drug-likeness (QED) is 0.601. The summed E-state index contributed by atoms with van der Waals surface area (Å²) in [6.45, 7) is 0. The van der Waals surface area contributed by atoms with E-state index in [2.05, 4.69) is 25.6 Å². The molecule has 8 heteroatoms. The van der Waals surface area contributed by atoms with Crippen LogP contribution in [0.15, 0.2) is 30.5 Å². The summed E-state index contributed by atoms with van der Waals surface area (Å²) in [5, 5.41) is 7.48. The summed E-state index contributed by atoms with van der Waals surface area (Å²) in [6.07, 6.45) is 0.944. The topological polar surface area (TPSA) is 65.6 Å². The fourth-order valence-corrected chi connectivity index (χ4v) is 3.60. The lowest BCUT2D eigenvalue weighted by molar-refractivity contribution is -0.141. The van der Waals surface area contributed by atoms with Crippen LogP contribution in [-0.2, 0) is 19.0 Å². The second kappa shape index (κ2) is 6.84. The average molecular weight is 375 g/mol. The highest BCUT2D eigenvalue weighted by Gasteiger charge is 2.32. The van der Waals surface area contributed by atoms with Gasteiger partial charge in [0.05, 0.1) is 11.9 Å².